The first-order valence-corrected chi connectivity index (χ1v) is 8.24. The molecule has 2 fully saturated rings. The Hall–Kier alpha value is -2.05. The molecule has 1 aromatic carbocycles. The topological polar surface area (TPSA) is 50.8 Å². The summed E-state index contributed by atoms with van der Waals surface area (Å²) in [5, 5.41) is 2.83. The third kappa shape index (κ3) is 3.55. The van der Waals surface area contributed by atoms with E-state index in [1.165, 1.54) is 26.0 Å². The number of methoxy groups -OCH3 is 1. The fraction of sp³-hybridized carbons (Fsp3) is 0.588. The third-order valence-corrected chi connectivity index (χ3v) is 4.93. The van der Waals surface area contributed by atoms with Gasteiger partial charge in [-0.3, -0.25) is 0 Å². The number of halogens is 2. The van der Waals surface area contributed by atoms with Crippen molar-refractivity contribution in [2.24, 2.45) is 5.92 Å². The molecule has 0 spiro atoms. The maximum atomic E-state index is 12.5. The van der Waals surface area contributed by atoms with E-state index in [9.17, 15) is 13.6 Å². The summed E-state index contributed by atoms with van der Waals surface area (Å²) in [5.41, 5.74) is 0.463. The maximum Gasteiger partial charge on any atom is 0.387 e. The van der Waals surface area contributed by atoms with Crippen LogP contribution in [-0.4, -0.2) is 37.2 Å². The summed E-state index contributed by atoms with van der Waals surface area (Å²) in [5.74, 6) is 1.19. The van der Waals surface area contributed by atoms with Crippen molar-refractivity contribution < 1.29 is 23.0 Å². The lowest BCUT2D eigenvalue weighted by Gasteiger charge is -2.24. The van der Waals surface area contributed by atoms with Crippen LogP contribution in [0, 0.1) is 5.92 Å². The number of alkyl halides is 2. The van der Waals surface area contributed by atoms with E-state index in [4.69, 9.17) is 4.74 Å². The molecule has 0 aromatic heterocycles. The Bertz CT molecular complexity index is 597. The summed E-state index contributed by atoms with van der Waals surface area (Å²) in [6, 6.07) is 4.75. The van der Waals surface area contributed by atoms with E-state index in [0.717, 1.165) is 19.4 Å². The van der Waals surface area contributed by atoms with Gasteiger partial charge in [0.15, 0.2) is 0 Å². The molecule has 0 radical (unpaired) electrons. The Labute approximate surface area is 139 Å². The predicted molar refractivity (Wildman–Crippen MR) is 84.3 cm³/mol. The van der Waals surface area contributed by atoms with Crippen LogP contribution >= 0.6 is 0 Å². The van der Waals surface area contributed by atoms with Crippen molar-refractivity contribution in [2.75, 3.05) is 13.7 Å². The van der Waals surface area contributed by atoms with Gasteiger partial charge in [0.05, 0.1) is 7.11 Å². The number of carbonyl (C=O) groups excluding carboxylic acids is 1. The molecule has 1 N–H and O–H groups in total. The normalized spacial score (nSPS) is 22.6. The first-order valence-electron chi connectivity index (χ1n) is 8.24. The molecule has 7 heteroatoms. The second-order valence-electron chi connectivity index (χ2n) is 6.25. The molecule has 1 saturated carbocycles. The van der Waals surface area contributed by atoms with Gasteiger partial charge in [0.25, 0.3) is 0 Å². The molecule has 1 aliphatic carbocycles. The minimum absolute atomic E-state index is 0.0475. The summed E-state index contributed by atoms with van der Waals surface area (Å²) in [7, 11) is 1.50. The fourth-order valence-electron chi connectivity index (χ4n) is 3.79. The highest BCUT2D eigenvalue weighted by atomic mass is 19.3. The second kappa shape index (κ2) is 7.23. The number of nitrogens with one attached hydrogen (secondary N) is 1. The molecule has 24 heavy (non-hydrogen) atoms. The highest BCUT2D eigenvalue weighted by Gasteiger charge is 2.39. The molecular formula is C17H22F2N2O3. The number of carbonyl (C=O) groups is 1. The number of rotatable bonds is 5. The lowest BCUT2D eigenvalue weighted by molar-refractivity contribution is -0.0505. The number of likely N-dealkylation sites (tertiary alicyclic amines) is 1. The number of urea groups is 1. The van der Waals surface area contributed by atoms with Crippen molar-refractivity contribution in [3.8, 4) is 11.5 Å². The molecule has 2 atom stereocenters. The van der Waals surface area contributed by atoms with Crippen LogP contribution in [0.5, 0.6) is 11.5 Å². The van der Waals surface area contributed by atoms with Gasteiger partial charge in [0.1, 0.15) is 11.5 Å². The van der Waals surface area contributed by atoms with E-state index >= 15 is 0 Å². The van der Waals surface area contributed by atoms with Crippen LogP contribution in [-0.2, 0) is 6.54 Å². The van der Waals surface area contributed by atoms with E-state index in [2.05, 4.69) is 10.1 Å². The van der Waals surface area contributed by atoms with E-state index in [0.29, 0.717) is 23.3 Å². The van der Waals surface area contributed by atoms with Crippen molar-refractivity contribution in [1.82, 2.24) is 10.2 Å². The van der Waals surface area contributed by atoms with Gasteiger partial charge in [-0.2, -0.15) is 8.78 Å². The molecular weight excluding hydrogens is 318 g/mol. The van der Waals surface area contributed by atoms with Crippen LogP contribution in [0.3, 0.4) is 0 Å². The van der Waals surface area contributed by atoms with Crippen molar-refractivity contribution in [2.45, 2.75) is 44.9 Å². The summed E-state index contributed by atoms with van der Waals surface area (Å²) in [6.45, 7) is -2.03. The molecule has 2 aliphatic rings. The Kier molecular flexibility index (Phi) is 5.06. The van der Waals surface area contributed by atoms with E-state index in [-0.39, 0.29) is 18.3 Å². The Morgan fingerprint density at radius 2 is 2.21 bits per heavy atom. The summed E-state index contributed by atoms with van der Waals surface area (Å²) in [4.78, 5) is 14.3. The first kappa shape index (κ1) is 16.8. The minimum atomic E-state index is -2.91. The summed E-state index contributed by atoms with van der Waals surface area (Å²) < 4.78 is 34.7. The second-order valence-corrected chi connectivity index (χ2v) is 6.25. The number of hydrogen-bond donors (Lipinski definition) is 1. The van der Waals surface area contributed by atoms with Crippen LogP contribution in [0.4, 0.5) is 13.6 Å². The van der Waals surface area contributed by atoms with Crippen LogP contribution < -0.4 is 14.8 Å². The van der Waals surface area contributed by atoms with Gasteiger partial charge in [0.2, 0.25) is 0 Å². The fourth-order valence-corrected chi connectivity index (χ4v) is 3.79. The van der Waals surface area contributed by atoms with Gasteiger partial charge in [-0.15, -0.1) is 0 Å². The molecule has 3 rings (SSSR count). The molecule has 0 bridgehead atoms. The highest BCUT2D eigenvalue weighted by Crippen LogP contribution is 2.37. The molecule has 2 amide bonds. The zero-order valence-corrected chi connectivity index (χ0v) is 13.6. The van der Waals surface area contributed by atoms with Crippen molar-refractivity contribution in [3.05, 3.63) is 23.8 Å². The van der Waals surface area contributed by atoms with Crippen LogP contribution in [0.15, 0.2) is 18.2 Å². The Balaban J connectivity index is 1.65. The van der Waals surface area contributed by atoms with Crippen LogP contribution in [0.1, 0.15) is 31.2 Å². The van der Waals surface area contributed by atoms with Gasteiger partial charge in [-0.1, -0.05) is 6.42 Å². The number of hydrogen-bond acceptors (Lipinski definition) is 3. The van der Waals surface area contributed by atoms with Crippen LogP contribution in [0.2, 0.25) is 0 Å². The van der Waals surface area contributed by atoms with Crippen molar-refractivity contribution in [1.29, 1.82) is 0 Å². The molecule has 1 saturated heterocycles. The summed E-state index contributed by atoms with van der Waals surface area (Å²) in [6.07, 6.45) is 4.46. The molecule has 132 valence electrons. The number of ether oxygens (including phenoxy) is 2. The highest BCUT2D eigenvalue weighted by molar-refractivity contribution is 5.75. The lowest BCUT2D eigenvalue weighted by atomic mass is 10.1. The monoisotopic (exact) mass is 340 g/mol. The maximum absolute atomic E-state index is 12.5. The Morgan fingerprint density at radius 3 is 2.96 bits per heavy atom. The lowest BCUT2D eigenvalue weighted by Crippen LogP contribution is -2.42. The van der Waals surface area contributed by atoms with Gasteiger partial charge in [-0.05, 0) is 43.4 Å². The standard InChI is InChI=1S/C17H22F2N2O3/c1-23-13-5-6-15(24-16(18)19)12(9-13)10-20-17(22)21-8-7-11-3-2-4-14(11)21/h5-6,9,11,14,16H,2-4,7-8,10H2,1H3,(H,20,22)/t11-,14-/m0/s1. The van der Waals surface area contributed by atoms with Crippen molar-refractivity contribution >= 4 is 6.03 Å². The smallest absolute Gasteiger partial charge is 0.387 e. The number of fused-ring (bicyclic) bond motifs is 1. The van der Waals surface area contributed by atoms with Gasteiger partial charge in [0, 0.05) is 24.7 Å². The van der Waals surface area contributed by atoms with E-state index in [1.807, 2.05) is 4.90 Å². The van der Waals surface area contributed by atoms with Gasteiger partial charge >= 0.3 is 12.6 Å². The quantitative estimate of drug-likeness (QED) is 0.894. The average Bonchev–Trinajstić information content (AvgIpc) is 3.16. The van der Waals surface area contributed by atoms with Gasteiger partial charge < -0.3 is 19.7 Å². The third-order valence-electron chi connectivity index (χ3n) is 4.93. The molecule has 1 aromatic rings. The Morgan fingerprint density at radius 1 is 1.38 bits per heavy atom. The SMILES string of the molecule is COc1ccc(OC(F)F)c(CNC(=O)N2CC[C@@H]3CCC[C@@H]32)c1. The minimum Gasteiger partial charge on any atom is -0.497 e. The summed E-state index contributed by atoms with van der Waals surface area (Å²) >= 11 is 0. The molecule has 1 aliphatic heterocycles. The first-order chi connectivity index (χ1) is 11.6. The predicted octanol–water partition coefficient (Wildman–Crippen LogP) is 3.38. The van der Waals surface area contributed by atoms with E-state index < -0.39 is 6.61 Å². The van der Waals surface area contributed by atoms with Gasteiger partial charge in [-0.25, -0.2) is 4.79 Å². The average molecular weight is 340 g/mol. The number of benzene rings is 1. The zero-order chi connectivity index (χ0) is 17.1. The number of amides is 2. The molecule has 1 heterocycles. The van der Waals surface area contributed by atoms with Crippen LogP contribution in [0.25, 0.3) is 0 Å². The zero-order valence-electron chi connectivity index (χ0n) is 13.6. The molecule has 0 unspecified atom stereocenters. The van der Waals surface area contributed by atoms with Crippen molar-refractivity contribution in [3.63, 3.8) is 0 Å². The number of nitrogens with zero attached hydrogens (tertiary/aromatic N) is 1. The largest absolute Gasteiger partial charge is 0.497 e. The van der Waals surface area contributed by atoms with E-state index in [1.54, 1.807) is 12.1 Å². The molecule has 5 nitrogen and oxygen atoms in total.